The number of esters is 1. The van der Waals surface area contributed by atoms with Crippen molar-refractivity contribution in [2.24, 2.45) is 0 Å². The Morgan fingerprint density at radius 1 is 1.53 bits per heavy atom. The molecule has 5 nitrogen and oxygen atoms in total. The number of aromatic nitrogens is 3. The van der Waals surface area contributed by atoms with E-state index in [9.17, 15) is 9.18 Å². The van der Waals surface area contributed by atoms with E-state index in [1.165, 1.54) is 36.3 Å². The third kappa shape index (κ3) is 2.15. The fraction of sp³-hybridized carbons (Fsp3) is 0.182. The van der Waals surface area contributed by atoms with Gasteiger partial charge in [-0.1, -0.05) is 0 Å². The van der Waals surface area contributed by atoms with Crippen LogP contribution in [0.2, 0.25) is 0 Å². The summed E-state index contributed by atoms with van der Waals surface area (Å²) in [4.78, 5) is 15.1. The molecule has 2 rings (SSSR count). The van der Waals surface area contributed by atoms with Crippen molar-refractivity contribution >= 4 is 5.97 Å². The second-order valence-corrected chi connectivity index (χ2v) is 3.46. The van der Waals surface area contributed by atoms with Crippen molar-refractivity contribution in [3.8, 4) is 5.82 Å². The Labute approximate surface area is 96.9 Å². The number of halogens is 1. The highest BCUT2D eigenvalue weighted by molar-refractivity contribution is 5.86. The SMILES string of the molecule is COC(=O)c1ccn(-c2ncc(C)cc2F)n1. The monoisotopic (exact) mass is 235 g/mol. The number of methoxy groups -OCH3 is 1. The number of rotatable bonds is 2. The molecule has 0 aromatic carbocycles. The molecular formula is C11H10FN3O2. The van der Waals surface area contributed by atoms with Crippen molar-refractivity contribution in [3.05, 3.63) is 41.6 Å². The van der Waals surface area contributed by atoms with Gasteiger partial charge in [-0.2, -0.15) is 5.10 Å². The molecular weight excluding hydrogens is 225 g/mol. The standard InChI is InChI=1S/C11H10FN3O2/c1-7-5-8(12)10(13-6-7)15-4-3-9(14-15)11(16)17-2/h3-6H,1-2H3. The Morgan fingerprint density at radius 3 is 2.94 bits per heavy atom. The topological polar surface area (TPSA) is 57.0 Å². The zero-order valence-corrected chi connectivity index (χ0v) is 9.35. The molecule has 0 bridgehead atoms. The molecule has 0 aliphatic carbocycles. The maximum Gasteiger partial charge on any atom is 0.358 e. The number of hydrogen-bond acceptors (Lipinski definition) is 4. The van der Waals surface area contributed by atoms with Crippen molar-refractivity contribution in [1.29, 1.82) is 0 Å². The van der Waals surface area contributed by atoms with Crippen molar-refractivity contribution in [3.63, 3.8) is 0 Å². The van der Waals surface area contributed by atoms with Crippen LogP contribution in [-0.4, -0.2) is 27.8 Å². The van der Waals surface area contributed by atoms with E-state index in [0.29, 0.717) is 5.56 Å². The van der Waals surface area contributed by atoms with E-state index in [4.69, 9.17) is 0 Å². The van der Waals surface area contributed by atoms with Crippen LogP contribution in [0.25, 0.3) is 5.82 Å². The molecule has 0 spiro atoms. The number of hydrogen-bond donors (Lipinski definition) is 0. The molecule has 0 aliphatic heterocycles. The normalized spacial score (nSPS) is 10.3. The van der Waals surface area contributed by atoms with E-state index >= 15 is 0 Å². The average Bonchev–Trinajstić information content (AvgIpc) is 2.77. The zero-order chi connectivity index (χ0) is 12.4. The van der Waals surface area contributed by atoms with Gasteiger partial charge >= 0.3 is 5.97 Å². The molecule has 0 unspecified atom stereocenters. The van der Waals surface area contributed by atoms with E-state index in [0.717, 1.165) is 0 Å². The molecule has 6 heteroatoms. The molecule has 2 aromatic heterocycles. The largest absolute Gasteiger partial charge is 0.464 e. The molecule has 88 valence electrons. The van der Waals surface area contributed by atoms with Crippen LogP contribution in [0.4, 0.5) is 4.39 Å². The summed E-state index contributed by atoms with van der Waals surface area (Å²) < 4.78 is 19.3. The van der Waals surface area contributed by atoms with E-state index in [2.05, 4.69) is 14.8 Å². The van der Waals surface area contributed by atoms with Crippen LogP contribution in [0.15, 0.2) is 24.5 Å². The quantitative estimate of drug-likeness (QED) is 0.740. The van der Waals surface area contributed by atoms with Gasteiger partial charge < -0.3 is 4.74 Å². The first-order chi connectivity index (χ1) is 8.11. The van der Waals surface area contributed by atoms with Gasteiger partial charge in [0.2, 0.25) is 0 Å². The van der Waals surface area contributed by atoms with Gasteiger partial charge in [0.25, 0.3) is 0 Å². The lowest BCUT2D eigenvalue weighted by Crippen LogP contribution is -2.06. The maximum absolute atomic E-state index is 13.6. The van der Waals surface area contributed by atoms with Crippen molar-refractivity contribution in [2.45, 2.75) is 6.92 Å². The lowest BCUT2D eigenvalue weighted by molar-refractivity contribution is 0.0593. The van der Waals surface area contributed by atoms with E-state index < -0.39 is 11.8 Å². The molecule has 17 heavy (non-hydrogen) atoms. The Kier molecular flexibility index (Phi) is 2.86. The summed E-state index contributed by atoms with van der Waals surface area (Å²) in [5.41, 5.74) is 0.820. The third-order valence-electron chi connectivity index (χ3n) is 2.16. The molecule has 2 aromatic rings. The van der Waals surface area contributed by atoms with Gasteiger partial charge in [-0.3, -0.25) is 0 Å². The fourth-order valence-corrected chi connectivity index (χ4v) is 1.35. The Balaban J connectivity index is 2.40. The van der Waals surface area contributed by atoms with Gasteiger partial charge in [0, 0.05) is 12.4 Å². The number of pyridine rings is 1. The minimum absolute atomic E-state index is 0.0470. The lowest BCUT2D eigenvalue weighted by atomic mass is 10.3. The lowest BCUT2D eigenvalue weighted by Gasteiger charge is -2.02. The van der Waals surface area contributed by atoms with Crippen molar-refractivity contribution in [1.82, 2.24) is 14.8 Å². The van der Waals surface area contributed by atoms with Crippen LogP contribution < -0.4 is 0 Å². The van der Waals surface area contributed by atoms with Crippen LogP contribution in [0.1, 0.15) is 16.1 Å². The number of ether oxygens (including phenoxy) is 1. The minimum atomic E-state index is -0.573. The Morgan fingerprint density at radius 2 is 2.29 bits per heavy atom. The summed E-state index contributed by atoms with van der Waals surface area (Å²) in [6.45, 7) is 1.74. The zero-order valence-electron chi connectivity index (χ0n) is 9.35. The number of nitrogens with zero attached hydrogens (tertiary/aromatic N) is 3. The number of carbonyl (C=O) groups excluding carboxylic acids is 1. The van der Waals surface area contributed by atoms with Crippen LogP contribution in [0, 0.1) is 12.7 Å². The Hall–Kier alpha value is -2.24. The molecule has 0 N–H and O–H groups in total. The van der Waals surface area contributed by atoms with Gasteiger partial charge in [-0.05, 0) is 24.6 Å². The van der Waals surface area contributed by atoms with Crippen LogP contribution in [-0.2, 0) is 4.74 Å². The van der Waals surface area contributed by atoms with Crippen molar-refractivity contribution in [2.75, 3.05) is 7.11 Å². The minimum Gasteiger partial charge on any atom is -0.464 e. The van der Waals surface area contributed by atoms with Gasteiger partial charge in [0.15, 0.2) is 17.3 Å². The summed E-state index contributed by atoms with van der Waals surface area (Å²) in [5.74, 6) is -1.02. The highest BCUT2D eigenvalue weighted by Crippen LogP contribution is 2.11. The molecule has 0 fully saturated rings. The van der Waals surface area contributed by atoms with Gasteiger partial charge in [0.1, 0.15) is 0 Å². The van der Waals surface area contributed by atoms with Gasteiger partial charge in [-0.25, -0.2) is 18.9 Å². The fourth-order valence-electron chi connectivity index (χ4n) is 1.35. The molecule has 0 atom stereocenters. The first-order valence-electron chi connectivity index (χ1n) is 4.88. The van der Waals surface area contributed by atoms with Crippen molar-refractivity contribution < 1.29 is 13.9 Å². The first-order valence-corrected chi connectivity index (χ1v) is 4.88. The smallest absolute Gasteiger partial charge is 0.358 e. The second kappa shape index (κ2) is 4.32. The van der Waals surface area contributed by atoms with Crippen LogP contribution in [0.3, 0.4) is 0 Å². The second-order valence-electron chi connectivity index (χ2n) is 3.46. The maximum atomic E-state index is 13.6. The van der Waals surface area contributed by atoms with E-state index in [1.807, 2.05) is 0 Å². The predicted molar refractivity (Wildman–Crippen MR) is 57.4 cm³/mol. The average molecular weight is 235 g/mol. The van der Waals surface area contributed by atoms with Crippen LogP contribution in [0.5, 0.6) is 0 Å². The number of aryl methyl sites for hydroxylation is 1. The number of carbonyl (C=O) groups is 1. The summed E-state index contributed by atoms with van der Waals surface area (Å²) in [6.07, 6.45) is 2.98. The summed E-state index contributed by atoms with van der Waals surface area (Å²) in [7, 11) is 1.26. The molecule has 0 amide bonds. The summed E-state index contributed by atoms with van der Waals surface area (Å²) >= 11 is 0. The van der Waals surface area contributed by atoms with Crippen LogP contribution >= 0.6 is 0 Å². The van der Waals surface area contributed by atoms with E-state index in [-0.39, 0.29) is 11.5 Å². The summed E-state index contributed by atoms with van der Waals surface area (Å²) in [5, 5.41) is 3.88. The molecule has 0 saturated carbocycles. The van der Waals surface area contributed by atoms with E-state index in [1.54, 1.807) is 6.92 Å². The predicted octanol–water partition coefficient (Wildman–Crippen LogP) is 1.50. The first kappa shape index (κ1) is 11.3. The highest BCUT2D eigenvalue weighted by Gasteiger charge is 2.12. The third-order valence-corrected chi connectivity index (χ3v) is 2.16. The molecule has 2 heterocycles. The molecule has 0 aliphatic rings. The van der Waals surface area contributed by atoms with Gasteiger partial charge in [-0.15, -0.1) is 0 Å². The highest BCUT2D eigenvalue weighted by atomic mass is 19.1. The Bertz CT molecular complexity index is 566. The van der Waals surface area contributed by atoms with Gasteiger partial charge in [0.05, 0.1) is 7.11 Å². The summed E-state index contributed by atoms with van der Waals surface area (Å²) in [6, 6.07) is 2.79. The molecule has 0 radical (unpaired) electrons. The molecule has 0 saturated heterocycles.